The first-order valence-corrected chi connectivity index (χ1v) is 7.49. The van der Waals surface area contributed by atoms with Crippen LogP contribution in [0, 0.1) is 0 Å². The lowest BCUT2D eigenvalue weighted by Gasteiger charge is -2.27. The molecule has 0 saturated heterocycles. The summed E-state index contributed by atoms with van der Waals surface area (Å²) in [6, 6.07) is 19.7. The first-order valence-electron chi connectivity index (χ1n) is 7.16. The molecule has 1 heterocycles. The zero-order chi connectivity index (χ0) is 15.9. The standard InChI is InChI=1S/C17H16ClN3O2/c18-21-19-11-17(22-13-15-7-3-1-4-8-15)12-20(21)23-14-16-9-5-2-6-10-16/h1-12H,13-14H2. The van der Waals surface area contributed by atoms with Crippen LogP contribution in [0.1, 0.15) is 11.1 Å². The first kappa shape index (κ1) is 15.4. The quantitative estimate of drug-likeness (QED) is 0.754. The van der Waals surface area contributed by atoms with Gasteiger partial charge in [0, 0.05) is 0 Å². The SMILES string of the molecule is ClN1N=CC(OCc2ccccc2)=CN1OCc1ccccc1. The van der Waals surface area contributed by atoms with E-state index in [1.165, 1.54) is 11.4 Å². The van der Waals surface area contributed by atoms with Gasteiger partial charge in [0.25, 0.3) is 0 Å². The molecule has 1 aliphatic heterocycles. The molecule has 2 aromatic rings. The number of hydrogen-bond donors (Lipinski definition) is 0. The second kappa shape index (κ2) is 7.67. The molecule has 0 saturated carbocycles. The van der Waals surface area contributed by atoms with Gasteiger partial charge in [-0.2, -0.15) is 0 Å². The van der Waals surface area contributed by atoms with Crippen LogP contribution < -0.4 is 0 Å². The van der Waals surface area contributed by atoms with Crippen molar-refractivity contribution in [3.8, 4) is 0 Å². The van der Waals surface area contributed by atoms with Crippen molar-refractivity contribution in [2.45, 2.75) is 13.2 Å². The van der Waals surface area contributed by atoms with Gasteiger partial charge in [0.2, 0.25) is 0 Å². The molecule has 0 spiro atoms. The summed E-state index contributed by atoms with van der Waals surface area (Å²) in [5.74, 6) is 0.568. The number of halogens is 1. The Morgan fingerprint density at radius 3 is 2.13 bits per heavy atom. The number of hydrazine groups is 1. The van der Waals surface area contributed by atoms with E-state index in [1.54, 1.807) is 6.20 Å². The third kappa shape index (κ3) is 4.48. The maximum absolute atomic E-state index is 5.97. The number of allylic oxidation sites excluding steroid dienone is 1. The summed E-state index contributed by atoms with van der Waals surface area (Å²) < 4.78 is 6.79. The molecular formula is C17H16ClN3O2. The van der Waals surface area contributed by atoms with Crippen molar-refractivity contribution in [3.05, 3.63) is 83.7 Å². The van der Waals surface area contributed by atoms with Gasteiger partial charge in [-0.3, -0.25) is 0 Å². The molecule has 0 unspecified atom stereocenters. The number of hydrazone groups is 1. The average molecular weight is 330 g/mol. The Morgan fingerprint density at radius 1 is 0.870 bits per heavy atom. The van der Waals surface area contributed by atoms with Crippen LogP contribution in [-0.2, 0) is 22.8 Å². The molecular weight excluding hydrogens is 314 g/mol. The van der Waals surface area contributed by atoms with Gasteiger partial charge in [-0.05, 0) is 11.1 Å². The summed E-state index contributed by atoms with van der Waals surface area (Å²) >= 11 is 5.97. The van der Waals surface area contributed by atoms with Crippen molar-refractivity contribution in [3.63, 3.8) is 0 Å². The topological polar surface area (TPSA) is 37.3 Å². The first-order chi connectivity index (χ1) is 11.3. The monoisotopic (exact) mass is 329 g/mol. The van der Waals surface area contributed by atoms with E-state index >= 15 is 0 Å². The number of ether oxygens (including phenoxy) is 1. The van der Waals surface area contributed by atoms with Crippen LogP contribution in [0.15, 0.2) is 77.7 Å². The van der Waals surface area contributed by atoms with E-state index in [1.807, 2.05) is 60.7 Å². The van der Waals surface area contributed by atoms with E-state index in [0.29, 0.717) is 19.0 Å². The lowest BCUT2D eigenvalue weighted by atomic mass is 10.2. The van der Waals surface area contributed by atoms with Crippen molar-refractivity contribution in [1.82, 2.24) is 9.81 Å². The smallest absolute Gasteiger partial charge is 0.160 e. The zero-order valence-electron chi connectivity index (χ0n) is 12.4. The van der Waals surface area contributed by atoms with Gasteiger partial charge >= 0.3 is 0 Å². The van der Waals surface area contributed by atoms with E-state index in [9.17, 15) is 0 Å². The van der Waals surface area contributed by atoms with E-state index in [-0.39, 0.29) is 0 Å². The summed E-state index contributed by atoms with van der Waals surface area (Å²) in [4.78, 5) is 5.62. The van der Waals surface area contributed by atoms with Crippen LogP contribution in [0.2, 0.25) is 0 Å². The van der Waals surface area contributed by atoms with Gasteiger partial charge in [-0.25, -0.2) is 4.84 Å². The number of hydrogen-bond acceptors (Lipinski definition) is 5. The van der Waals surface area contributed by atoms with E-state index in [0.717, 1.165) is 15.8 Å². The maximum Gasteiger partial charge on any atom is 0.160 e. The fourth-order valence-corrected chi connectivity index (χ4v) is 2.09. The Hall–Kier alpha value is -2.50. The van der Waals surface area contributed by atoms with Crippen LogP contribution in [0.5, 0.6) is 0 Å². The lowest BCUT2D eigenvalue weighted by molar-refractivity contribution is -0.226. The number of nitrogens with zero attached hydrogens (tertiary/aromatic N) is 3. The van der Waals surface area contributed by atoms with Gasteiger partial charge in [0.15, 0.2) is 5.76 Å². The summed E-state index contributed by atoms with van der Waals surface area (Å²) in [5.41, 5.74) is 2.11. The van der Waals surface area contributed by atoms with Gasteiger partial charge in [0.1, 0.15) is 13.2 Å². The Labute approximate surface area is 140 Å². The third-order valence-corrected chi connectivity index (χ3v) is 3.37. The second-order valence-electron chi connectivity index (χ2n) is 4.85. The Bertz CT molecular complexity index is 677. The predicted octanol–water partition coefficient (Wildman–Crippen LogP) is 3.85. The molecule has 6 heteroatoms. The fourth-order valence-electron chi connectivity index (χ4n) is 1.96. The van der Waals surface area contributed by atoms with Crippen molar-refractivity contribution in [2.24, 2.45) is 5.10 Å². The number of benzene rings is 2. The van der Waals surface area contributed by atoms with Gasteiger partial charge in [0.05, 0.1) is 24.2 Å². The molecule has 1 aliphatic rings. The minimum Gasteiger partial charge on any atom is -0.486 e. The lowest BCUT2D eigenvalue weighted by Crippen LogP contribution is -2.31. The van der Waals surface area contributed by atoms with E-state index in [2.05, 4.69) is 5.10 Å². The molecule has 2 aromatic carbocycles. The number of rotatable bonds is 6. The summed E-state index contributed by atoms with van der Waals surface area (Å²) in [6.45, 7) is 0.829. The summed E-state index contributed by atoms with van der Waals surface area (Å²) in [5, 5.41) is 5.33. The van der Waals surface area contributed by atoms with Gasteiger partial charge in [-0.1, -0.05) is 65.3 Å². The van der Waals surface area contributed by atoms with Crippen molar-refractivity contribution >= 4 is 18.0 Å². The fraction of sp³-hybridized carbons (Fsp3) is 0.118. The van der Waals surface area contributed by atoms with Crippen molar-refractivity contribution < 1.29 is 9.57 Å². The molecule has 5 nitrogen and oxygen atoms in total. The molecule has 118 valence electrons. The van der Waals surface area contributed by atoms with Crippen LogP contribution >= 0.6 is 11.8 Å². The highest BCUT2D eigenvalue weighted by atomic mass is 35.5. The zero-order valence-corrected chi connectivity index (χ0v) is 13.1. The van der Waals surface area contributed by atoms with E-state index < -0.39 is 0 Å². The van der Waals surface area contributed by atoms with Crippen LogP contribution in [0.25, 0.3) is 0 Å². The molecule has 0 radical (unpaired) electrons. The molecule has 0 N–H and O–H groups in total. The van der Waals surface area contributed by atoms with Crippen LogP contribution in [-0.4, -0.2) is 16.0 Å². The summed E-state index contributed by atoms with van der Waals surface area (Å²) in [7, 11) is 0. The highest BCUT2D eigenvalue weighted by Crippen LogP contribution is 2.16. The highest BCUT2D eigenvalue weighted by molar-refractivity contribution is 6.13. The maximum atomic E-state index is 5.97. The predicted molar refractivity (Wildman–Crippen MR) is 88.6 cm³/mol. The summed E-state index contributed by atoms with van der Waals surface area (Å²) in [6.07, 6.45) is 3.18. The molecule has 0 fully saturated rings. The van der Waals surface area contributed by atoms with Gasteiger partial charge < -0.3 is 4.74 Å². The largest absolute Gasteiger partial charge is 0.486 e. The highest BCUT2D eigenvalue weighted by Gasteiger charge is 2.15. The Balaban J connectivity index is 1.57. The molecule has 3 rings (SSSR count). The van der Waals surface area contributed by atoms with Crippen molar-refractivity contribution in [1.29, 1.82) is 0 Å². The third-order valence-electron chi connectivity index (χ3n) is 3.14. The molecule has 0 aromatic heterocycles. The van der Waals surface area contributed by atoms with Gasteiger partial charge in [-0.15, -0.1) is 10.3 Å². The van der Waals surface area contributed by atoms with Crippen LogP contribution in [0.4, 0.5) is 0 Å². The molecule has 0 atom stereocenters. The van der Waals surface area contributed by atoms with Crippen LogP contribution in [0.3, 0.4) is 0 Å². The molecule has 0 aliphatic carbocycles. The van der Waals surface area contributed by atoms with Crippen molar-refractivity contribution in [2.75, 3.05) is 0 Å². The Kier molecular flexibility index (Phi) is 5.13. The molecule has 23 heavy (non-hydrogen) atoms. The normalized spacial score (nSPS) is 13.9. The average Bonchev–Trinajstić information content (AvgIpc) is 2.62. The number of hydroxylamine groups is 1. The Morgan fingerprint density at radius 2 is 1.48 bits per heavy atom. The van der Waals surface area contributed by atoms with E-state index in [4.69, 9.17) is 21.4 Å². The second-order valence-corrected chi connectivity index (χ2v) is 5.15. The minimum absolute atomic E-state index is 0.377. The molecule has 0 amide bonds. The minimum atomic E-state index is 0.377. The molecule has 0 bridgehead atoms.